The second kappa shape index (κ2) is 6.23. The van der Waals surface area contributed by atoms with Crippen molar-refractivity contribution in [1.82, 2.24) is 10.3 Å². The molecule has 0 saturated carbocycles. The normalized spacial score (nSPS) is 10.8. The number of benzene rings is 1. The van der Waals surface area contributed by atoms with Crippen molar-refractivity contribution in [1.29, 1.82) is 0 Å². The molecule has 0 spiro atoms. The number of nitrogens with one attached hydrogen (secondary N) is 2. The number of ether oxygens (including phenoxy) is 1. The molecular weight excluding hydrogens is 308 g/mol. The third-order valence-electron chi connectivity index (χ3n) is 3.85. The van der Waals surface area contributed by atoms with Crippen molar-refractivity contribution in [3.8, 4) is 5.75 Å². The monoisotopic (exact) mass is 326 g/mol. The Morgan fingerprint density at radius 3 is 2.71 bits per heavy atom. The number of fused-ring (bicyclic) bond motifs is 1. The minimum atomic E-state index is -0.269. The Balaban J connectivity index is 1.84. The maximum absolute atomic E-state index is 12.2. The van der Waals surface area contributed by atoms with Crippen LogP contribution in [-0.4, -0.2) is 18.0 Å². The highest BCUT2D eigenvalue weighted by atomic mass is 16.5. The Morgan fingerprint density at radius 2 is 2.04 bits per heavy atom. The van der Waals surface area contributed by atoms with E-state index in [0.29, 0.717) is 28.4 Å². The Kier molecular flexibility index (Phi) is 4.12. The van der Waals surface area contributed by atoms with Crippen LogP contribution >= 0.6 is 0 Å². The Labute approximate surface area is 138 Å². The lowest BCUT2D eigenvalue weighted by Crippen LogP contribution is -2.26. The molecule has 0 fully saturated rings. The van der Waals surface area contributed by atoms with E-state index in [1.54, 1.807) is 45.2 Å². The molecule has 0 aliphatic carbocycles. The number of H-pyrrole nitrogens is 1. The summed E-state index contributed by atoms with van der Waals surface area (Å²) in [5, 5.41) is 3.59. The van der Waals surface area contributed by atoms with Crippen LogP contribution in [0.2, 0.25) is 0 Å². The van der Waals surface area contributed by atoms with Crippen LogP contribution in [-0.2, 0) is 6.54 Å². The predicted octanol–water partition coefficient (Wildman–Crippen LogP) is 2.68. The number of aryl methyl sites for hydroxylation is 2. The summed E-state index contributed by atoms with van der Waals surface area (Å²) in [5.74, 6) is 1.67. The zero-order chi connectivity index (χ0) is 17.3. The first-order chi connectivity index (χ1) is 11.5. The van der Waals surface area contributed by atoms with E-state index >= 15 is 0 Å². The second-order valence-electron chi connectivity index (χ2n) is 5.59. The number of furan rings is 1. The number of amides is 1. The number of carbonyl (C=O) groups excluding carboxylic acids is 1. The number of hydrogen-bond acceptors (Lipinski definition) is 4. The van der Waals surface area contributed by atoms with E-state index in [0.717, 1.165) is 10.9 Å². The van der Waals surface area contributed by atoms with Crippen LogP contribution in [0.5, 0.6) is 5.75 Å². The predicted molar refractivity (Wildman–Crippen MR) is 90.5 cm³/mol. The third kappa shape index (κ3) is 3.03. The SMILES string of the molecule is COc1ccc2[nH]c(=O)c(CNC(=O)c3cc(C)oc3C)cc2c1. The quantitative estimate of drug-likeness (QED) is 0.772. The molecule has 1 amide bonds. The number of carbonyl (C=O) groups is 1. The molecule has 2 N–H and O–H groups in total. The van der Waals surface area contributed by atoms with Gasteiger partial charge in [0, 0.05) is 23.0 Å². The zero-order valence-corrected chi connectivity index (χ0v) is 13.7. The van der Waals surface area contributed by atoms with E-state index in [2.05, 4.69) is 10.3 Å². The number of aromatic amines is 1. The van der Waals surface area contributed by atoms with Crippen LogP contribution in [0.4, 0.5) is 0 Å². The maximum atomic E-state index is 12.2. The summed E-state index contributed by atoms with van der Waals surface area (Å²) >= 11 is 0. The molecule has 6 heteroatoms. The number of pyridine rings is 1. The number of rotatable bonds is 4. The van der Waals surface area contributed by atoms with Crippen molar-refractivity contribution in [3.05, 3.63) is 63.3 Å². The van der Waals surface area contributed by atoms with Crippen LogP contribution in [0.25, 0.3) is 10.9 Å². The van der Waals surface area contributed by atoms with Gasteiger partial charge in [-0.25, -0.2) is 0 Å². The topological polar surface area (TPSA) is 84.3 Å². The van der Waals surface area contributed by atoms with E-state index in [1.165, 1.54) is 0 Å². The Bertz CT molecular complexity index is 969. The molecule has 2 heterocycles. The maximum Gasteiger partial charge on any atom is 0.255 e. The van der Waals surface area contributed by atoms with Crippen molar-refractivity contribution < 1.29 is 13.9 Å². The first-order valence-corrected chi connectivity index (χ1v) is 7.53. The lowest BCUT2D eigenvalue weighted by molar-refractivity contribution is 0.0949. The summed E-state index contributed by atoms with van der Waals surface area (Å²) in [7, 11) is 1.59. The molecule has 0 aliphatic rings. The molecule has 0 saturated heterocycles. The first-order valence-electron chi connectivity index (χ1n) is 7.53. The van der Waals surface area contributed by atoms with Gasteiger partial charge in [0.2, 0.25) is 0 Å². The molecule has 0 atom stereocenters. The van der Waals surface area contributed by atoms with Gasteiger partial charge in [-0.2, -0.15) is 0 Å². The fraction of sp³-hybridized carbons (Fsp3) is 0.222. The minimum Gasteiger partial charge on any atom is -0.497 e. The average molecular weight is 326 g/mol. The van der Waals surface area contributed by atoms with E-state index in [9.17, 15) is 9.59 Å². The van der Waals surface area contributed by atoms with E-state index in [4.69, 9.17) is 9.15 Å². The lowest BCUT2D eigenvalue weighted by Gasteiger charge is -2.07. The van der Waals surface area contributed by atoms with Gasteiger partial charge in [-0.05, 0) is 44.2 Å². The van der Waals surface area contributed by atoms with Crippen LogP contribution in [0.3, 0.4) is 0 Å². The highest BCUT2D eigenvalue weighted by Crippen LogP contribution is 2.19. The van der Waals surface area contributed by atoms with Crippen LogP contribution in [0.15, 0.2) is 39.5 Å². The fourth-order valence-corrected chi connectivity index (χ4v) is 2.62. The van der Waals surface area contributed by atoms with Gasteiger partial charge < -0.3 is 19.5 Å². The largest absolute Gasteiger partial charge is 0.497 e. The van der Waals surface area contributed by atoms with Gasteiger partial charge in [0.15, 0.2) is 0 Å². The summed E-state index contributed by atoms with van der Waals surface area (Å²) < 4.78 is 10.5. The van der Waals surface area contributed by atoms with Gasteiger partial charge in [0.25, 0.3) is 11.5 Å². The van der Waals surface area contributed by atoms with Crippen molar-refractivity contribution in [2.24, 2.45) is 0 Å². The fourth-order valence-electron chi connectivity index (χ4n) is 2.62. The zero-order valence-electron chi connectivity index (χ0n) is 13.7. The Morgan fingerprint density at radius 1 is 1.25 bits per heavy atom. The highest BCUT2D eigenvalue weighted by Gasteiger charge is 2.14. The molecule has 0 radical (unpaired) electrons. The first kappa shape index (κ1) is 15.9. The van der Waals surface area contributed by atoms with E-state index < -0.39 is 0 Å². The van der Waals surface area contributed by atoms with Gasteiger partial charge in [0.1, 0.15) is 17.3 Å². The highest BCUT2D eigenvalue weighted by molar-refractivity contribution is 5.95. The second-order valence-corrected chi connectivity index (χ2v) is 5.59. The van der Waals surface area contributed by atoms with Crippen molar-refractivity contribution >= 4 is 16.8 Å². The molecular formula is C18H18N2O4. The van der Waals surface area contributed by atoms with Crippen LogP contribution in [0.1, 0.15) is 27.4 Å². The standard InChI is InChI=1S/C18H18N2O4/c1-10-6-15(11(2)24-10)18(22)19-9-13-7-12-8-14(23-3)4-5-16(12)20-17(13)21/h4-8H,9H2,1-3H3,(H,19,22)(H,20,21). The molecule has 2 aromatic heterocycles. The van der Waals surface area contributed by atoms with Crippen molar-refractivity contribution in [2.75, 3.05) is 7.11 Å². The van der Waals surface area contributed by atoms with Crippen molar-refractivity contribution in [3.63, 3.8) is 0 Å². The van der Waals surface area contributed by atoms with E-state index in [1.807, 2.05) is 6.07 Å². The molecule has 124 valence electrons. The van der Waals surface area contributed by atoms with Gasteiger partial charge in [-0.3, -0.25) is 9.59 Å². The lowest BCUT2D eigenvalue weighted by atomic mass is 10.1. The van der Waals surface area contributed by atoms with Gasteiger partial charge >= 0.3 is 0 Å². The number of aromatic nitrogens is 1. The summed E-state index contributed by atoms with van der Waals surface area (Å²) in [5.41, 5.74) is 1.44. The number of methoxy groups -OCH3 is 1. The minimum absolute atomic E-state index is 0.130. The molecule has 3 rings (SSSR count). The van der Waals surface area contributed by atoms with Gasteiger partial charge in [-0.1, -0.05) is 0 Å². The van der Waals surface area contributed by atoms with Crippen LogP contribution < -0.4 is 15.6 Å². The van der Waals surface area contributed by atoms with Gasteiger partial charge in [-0.15, -0.1) is 0 Å². The molecule has 0 unspecified atom stereocenters. The molecule has 0 aliphatic heterocycles. The molecule has 3 aromatic rings. The summed E-state index contributed by atoms with van der Waals surface area (Å²) in [6.07, 6.45) is 0. The molecule has 6 nitrogen and oxygen atoms in total. The van der Waals surface area contributed by atoms with Crippen molar-refractivity contribution in [2.45, 2.75) is 20.4 Å². The smallest absolute Gasteiger partial charge is 0.255 e. The average Bonchev–Trinajstić information content (AvgIpc) is 2.90. The summed E-state index contributed by atoms with van der Waals surface area (Å²) in [6, 6.07) is 8.84. The third-order valence-corrected chi connectivity index (χ3v) is 3.85. The van der Waals surface area contributed by atoms with E-state index in [-0.39, 0.29) is 18.0 Å². The molecule has 1 aromatic carbocycles. The van der Waals surface area contributed by atoms with Gasteiger partial charge in [0.05, 0.1) is 12.7 Å². The Hall–Kier alpha value is -3.02. The summed E-state index contributed by atoms with van der Waals surface area (Å²) in [6.45, 7) is 3.65. The number of hydrogen-bond donors (Lipinski definition) is 2. The summed E-state index contributed by atoms with van der Waals surface area (Å²) in [4.78, 5) is 27.2. The molecule has 24 heavy (non-hydrogen) atoms. The molecule has 0 bridgehead atoms. The van der Waals surface area contributed by atoms with Crippen LogP contribution in [0, 0.1) is 13.8 Å².